The maximum Gasteiger partial charge on any atom is 0.252 e. The van der Waals surface area contributed by atoms with Crippen molar-refractivity contribution in [3.63, 3.8) is 0 Å². The Kier molecular flexibility index (Phi) is 2.76. The van der Waals surface area contributed by atoms with E-state index in [1.54, 1.807) is 6.20 Å². The quantitative estimate of drug-likeness (QED) is 0.484. The van der Waals surface area contributed by atoms with Gasteiger partial charge in [0.25, 0.3) is 5.89 Å². The zero-order valence-electron chi connectivity index (χ0n) is 9.05. The lowest BCUT2D eigenvalue weighted by atomic mass is 10.3. The summed E-state index contributed by atoms with van der Waals surface area (Å²) in [7, 11) is 0. The summed E-state index contributed by atoms with van der Waals surface area (Å²) in [6, 6.07) is 0. The lowest BCUT2D eigenvalue weighted by molar-refractivity contribution is 0.508. The predicted octanol–water partition coefficient (Wildman–Crippen LogP) is 2.78. The Hall–Kier alpha value is -1.14. The van der Waals surface area contributed by atoms with Crippen molar-refractivity contribution >= 4 is 23.4 Å². The molecule has 5 nitrogen and oxygen atoms in total. The zero-order chi connectivity index (χ0) is 11.8. The third kappa shape index (κ3) is 2.14. The Balaban J connectivity index is 1.96. The topological polar surface area (TPSA) is 64.7 Å². The smallest absolute Gasteiger partial charge is 0.252 e. The second kappa shape index (κ2) is 4.27. The lowest BCUT2D eigenvalue weighted by Gasteiger charge is -1.99. The van der Waals surface area contributed by atoms with E-state index in [1.807, 2.05) is 6.26 Å². The highest BCUT2D eigenvalue weighted by atomic mass is 35.5. The number of nitrogens with zero attached hydrogens (tertiary/aromatic N) is 4. The van der Waals surface area contributed by atoms with Gasteiger partial charge in [-0.25, -0.2) is 9.97 Å². The van der Waals surface area contributed by atoms with Gasteiger partial charge in [0.2, 0.25) is 5.89 Å². The zero-order valence-corrected chi connectivity index (χ0v) is 10.6. The highest BCUT2D eigenvalue weighted by molar-refractivity contribution is 7.98. The number of rotatable bonds is 3. The molecule has 1 fully saturated rings. The van der Waals surface area contributed by atoms with Gasteiger partial charge in [-0.1, -0.05) is 23.4 Å². The summed E-state index contributed by atoms with van der Waals surface area (Å²) in [4.78, 5) is 8.27. The first kappa shape index (κ1) is 11.0. The molecule has 0 N–H and O–H groups in total. The molecular formula is C10H9ClN4OS. The van der Waals surface area contributed by atoms with Crippen LogP contribution >= 0.6 is 23.4 Å². The first-order chi connectivity index (χ1) is 8.28. The molecule has 0 bridgehead atoms. The van der Waals surface area contributed by atoms with Crippen molar-refractivity contribution in [3.05, 3.63) is 17.2 Å². The third-order valence-corrected chi connectivity index (χ3v) is 3.35. The summed E-state index contributed by atoms with van der Waals surface area (Å²) in [5.41, 5.74) is 0.587. The lowest BCUT2D eigenvalue weighted by Crippen LogP contribution is -1.89. The molecule has 0 saturated heterocycles. The molecule has 0 unspecified atom stereocenters. The third-order valence-electron chi connectivity index (χ3n) is 2.50. The number of halogens is 1. The van der Waals surface area contributed by atoms with E-state index in [9.17, 15) is 0 Å². The number of thioether (sulfide) groups is 1. The van der Waals surface area contributed by atoms with Gasteiger partial charge in [0.15, 0.2) is 5.16 Å². The van der Waals surface area contributed by atoms with Gasteiger partial charge in [0, 0.05) is 12.1 Å². The molecule has 0 amide bonds. The first-order valence-electron chi connectivity index (χ1n) is 5.18. The van der Waals surface area contributed by atoms with Crippen molar-refractivity contribution in [1.82, 2.24) is 20.2 Å². The fourth-order valence-electron chi connectivity index (χ4n) is 1.43. The van der Waals surface area contributed by atoms with Gasteiger partial charge in [0.05, 0.1) is 5.56 Å². The highest BCUT2D eigenvalue weighted by Crippen LogP contribution is 2.40. The average molecular weight is 269 g/mol. The van der Waals surface area contributed by atoms with Crippen LogP contribution in [0.2, 0.25) is 5.15 Å². The molecule has 0 atom stereocenters. The summed E-state index contributed by atoms with van der Waals surface area (Å²) >= 11 is 7.49. The fourth-order valence-corrected chi connectivity index (χ4v) is 2.03. The van der Waals surface area contributed by atoms with E-state index in [2.05, 4.69) is 20.2 Å². The molecule has 2 heterocycles. The van der Waals surface area contributed by atoms with Gasteiger partial charge in [-0.15, -0.1) is 10.2 Å². The highest BCUT2D eigenvalue weighted by Gasteiger charge is 2.30. The van der Waals surface area contributed by atoms with Gasteiger partial charge < -0.3 is 4.42 Å². The molecule has 0 aliphatic heterocycles. The Bertz CT molecular complexity index is 555. The van der Waals surface area contributed by atoms with Crippen LogP contribution < -0.4 is 0 Å². The van der Waals surface area contributed by atoms with Crippen molar-refractivity contribution in [2.45, 2.75) is 23.9 Å². The van der Waals surface area contributed by atoms with Crippen LogP contribution in [0.3, 0.4) is 0 Å². The van der Waals surface area contributed by atoms with Crippen molar-refractivity contribution in [2.24, 2.45) is 0 Å². The second-order valence-electron chi connectivity index (χ2n) is 3.78. The predicted molar refractivity (Wildman–Crippen MR) is 64.1 cm³/mol. The molecule has 1 aliphatic rings. The van der Waals surface area contributed by atoms with Crippen molar-refractivity contribution in [2.75, 3.05) is 6.26 Å². The number of hydrogen-bond acceptors (Lipinski definition) is 6. The summed E-state index contributed by atoms with van der Waals surface area (Å²) < 4.78 is 5.55. The molecule has 1 aliphatic carbocycles. The first-order valence-corrected chi connectivity index (χ1v) is 6.78. The monoisotopic (exact) mass is 268 g/mol. The Morgan fingerprint density at radius 2 is 2.24 bits per heavy atom. The molecule has 88 valence electrons. The van der Waals surface area contributed by atoms with E-state index in [0.29, 0.717) is 33.6 Å². The van der Waals surface area contributed by atoms with Crippen LogP contribution in [0.25, 0.3) is 11.5 Å². The van der Waals surface area contributed by atoms with E-state index in [-0.39, 0.29) is 0 Å². The molecule has 0 radical (unpaired) electrons. The van der Waals surface area contributed by atoms with E-state index < -0.39 is 0 Å². The van der Waals surface area contributed by atoms with Gasteiger partial charge in [-0.05, 0) is 19.1 Å². The molecule has 1 saturated carbocycles. The van der Waals surface area contributed by atoms with Gasteiger partial charge in [0.1, 0.15) is 5.15 Å². The summed E-state index contributed by atoms with van der Waals surface area (Å²) in [6.07, 6.45) is 5.75. The van der Waals surface area contributed by atoms with Crippen molar-refractivity contribution in [1.29, 1.82) is 0 Å². The van der Waals surface area contributed by atoms with Crippen LogP contribution in [-0.2, 0) is 0 Å². The summed E-state index contributed by atoms with van der Waals surface area (Å²) in [5.74, 6) is 1.51. The van der Waals surface area contributed by atoms with E-state index in [0.717, 1.165) is 12.8 Å². The minimum Gasteiger partial charge on any atom is -0.420 e. The summed E-state index contributed by atoms with van der Waals surface area (Å²) in [5, 5.41) is 8.95. The largest absolute Gasteiger partial charge is 0.420 e. The molecule has 2 aromatic heterocycles. The van der Waals surface area contributed by atoms with Crippen LogP contribution in [0.5, 0.6) is 0 Å². The molecule has 17 heavy (non-hydrogen) atoms. The fraction of sp³-hybridized carbons (Fsp3) is 0.400. The van der Waals surface area contributed by atoms with Crippen LogP contribution in [0.4, 0.5) is 0 Å². The molecule has 7 heteroatoms. The molecule has 3 rings (SSSR count). The Morgan fingerprint density at radius 3 is 2.88 bits per heavy atom. The number of aromatic nitrogens is 4. The van der Waals surface area contributed by atoms with Crippen LogP contribution in [0, 0.1) is 0 Å². The van der Waals surface area contributed by atoms with Crippen LogP contribution in [0.1, 0.15) is 24.7 Å². The van der Waals surface area contributed by atoms with Crippen LogP contribution in [-0.4, -0.2) is 26.4 Å². The van der Waals surface area contributed by atoms with E-state index in [4.69, 9.17) is 16.0 Å². The Morgan fingerprint density at radius 1 is 1.41 bits per heavy atom. The maximum absolute atomic E-state index is 6.05. The number of hydrogen-bond donors (Lipinski definition) is 0. The normalized spacial score (nSPS) is 15.2. The van der Waals surface area contributed by atoms with Crippen molar-refractivity contribution < 1.29 is 4.42 Å². The second-order valence-corrected chi connectivity index (χ2v) is 4.91. The maximum atomic E-state index is 6.05. The standard InChI is InChI=1S/C10H9ClN4OS/c1-17-10-12-4-6(7(11)13-10)9-15-14-8(16-9)5-2-3-5/h4-5H,2-3H2,1H3. The molecular weight excluding hydrogens is 260 g/mol. The van der Waals surface area contributed by atoms with E-state index >= 15 is 0 Å². The molecule has 0 aromatic carbocycles. The molecule has 0 spiro atoms. The minimum atomic E-state index is 0.343. The minimum absolute atomic E-state index is 0.343. The van der Waals surface area contributed by atoms with Crippen LogP contribution in [0.15, 0.2) is 15.8 Å². The summed E-state index contributed by atoms with van der Waals surface area (Å²) in [6.45, 7) is 0. The van der Waals surface area contributed by atoms with Gasteiger partial charge in [-0.2, -0.15) is 0 Å². The van der Waals surface area contributed by atoms with Gasteiger partial charge in [-0.3, -0.25) is 0 Å². The molecule has 2 aromatic rings. The van der Waals surface area contributed by atoms with Crippen molar-refractivity contribution in [3.8, 4) is 11.5 Å². The van der Waals surface area contributed by atoms with Gasteiger partial charge >= 0.3 is 0 Å². The van der Waals surface area contributed by atoms with E-state index in [1.165, 1.54) is 11.8 Å². The SMILES string of the molecule is CSc1ncc(-c2nnc(C3CC3)o2)c(Cl)n1. The Labute approximate surface area is 107 Å². The average Bonchev–Trinajstić information content (AvgIpc) is 3.08.